The minimum absolute atomic E-state index is 0.154. The summed E-state index contributed by atoms with van der Waals surface area (Å²) < 4.78 is 5.03. The summed E-state index contributed by atoms with van der Waals surface area (Å²) in [4.78, 5) is 12.9. The van der Waals surface area contributed by atoms with Crippen LogP contribution in [0.1, 0.15) is 0 Å². The molecule has 0 saturated carbocycles. The molecule has 0 bridgehead atoms. The molecular formula is C7H14N2O2. The molecule has 1 aliphatic rings. The molecule has 0 aromatic carbocycles. The van der Waals surface area contributed by atoms with Crippen molar-refractivity contribution < 1.29 is 9.53 Å². The molecule has 64 valence electrons. The van der Waals surface area contributed by atoms with Crippen LogP contribution in [0.15, 0.2) is 0 Å². The Morgan fingerprint density at radius 1 is 1.73 bits per heavy atom. The number of carbonyl (C=O) groups excluding carboxylic acids is 1. The Hall–Kier alpha value is -0.610. The number of likely N-dealkylation sites (N-methyl/N-ethyl adjacent to an activating group) is 1. The third-order valence-electron chi connectivity index (χ3n) is 1.86. The van der Waals surface area contributed by atoms with Gasteiger partial charge in [0.05, 0.1) is 12.6 Å². The number of amides is 1. The second kappa shape index (κ2) is 3.69. The van der Waals surface area contributed by atoms with E-state index in [2.05, 4.69) is 5.32 Å². The van der Waals surface area contributed by atoms with Crippen LogP contribution in [-0.4, -0.2) is 50.7 Å². The molecular weight excluding hydrogens is 144 g/mol. The van der Waals surface area contributed by atoms with Crippen molar-refractivity contribution in [3.05, 3.63) is 0 Å². The van der Waals surface area contributed by atoms with Crippen molar-refractivity contribution in [3.8, 4) is 0 Å². The van der Waals surface area contributed by atoms with Gasteiger partial charge in [-0.2, -0.15) is 0 Å². The molecule has 0 aromatic rings. The predicted octanol–water partition coefficient (Wildman–Crippen LogP) is -0.937. The number of ether oxygens (including phenoxy) is 1. The van der Waals surface area contributed by atoms with Crippen LogP contribution in [-0.2, 0) is 9.53 Å². The highest BCUT2D eigenvalue weighted by atomic mass is 16.5. The average molecular weight is 158 g/mol. The lowest BCUT2D eigenvalue weighted by Gasteiger charge is -2.38. The van der Waals surface area contributed by atoms with Gasteiger partial charge in [0, 0.05) is 20.2 Å². The first-order valence-electron chi connectivity index (χ1n) is 3.73. The number of hydrogen-bond donors (Lipinski definition) is 1. The van der Waals surface area contributed by atoms with Gasteiger partial charge < -0.3 is 15.0 Å². The van der Waals surface area contributed by atoms with Crippen LogP contribution in [0, 0.1) is 0 Å². The van der Waals surface area contributed by atoms with Crippen molar-refractivity contribution in [2.45, 2.75) is 6.10 Å². The lowest BCUT2D eigenvalue weighted by molar-refractivity contribution is -0.141. The van der Waals surface area contributed by atoms with Crippen LogP contribution in [0.4, 0.5) is 0 Å². The molecule has 0 radical (unpaired) electrons. The fourth-order valence-corrected chi connectivity index (χ4v) is 1.05. The van der Waals surface area contributed by atoms with Crippen LogP contribution < -0.4 is 5.32 Å². The normalized spacial score (nSPS) is 18.2. The van der Waals surface area contributed by atoms with Gasteiger partial charge in [-0.15, -0.1) is 0 Å². The summed E-state index contributed by atoms with van der Waals surface area (Å²) in [5.41, 5.74) is 0. The Labute approximate surface area is 66.5 Å². The fraction of sp³-hybridized carbons (Fsp3) is 0.857. The Morgan fingerprint density at radius 2 is 2.36 bits per heavy atom. The summed E-state index contributed by atoms with van der Waals surface area (Å²) in [7, 11) is 3.44. The Morgan fingerprint density at radius 3 is 2.82 bits per heavy atom. The molecule has 11 heavy (non-hydrogen) atoms. The molecule has 0 aliphatic carbocycles. The minimum atomic E-state index is 0.154. The maximum absolute atomic E-state index is 11.1. The standard InChI is InChI=1S/C7H14N2O2/c1-8-3-7(10)9-4-6(5-9)11-2/h6,8H,3-5H2,1-2H3. The summed E-state index contributed by atoms with van der Waals surface area (Å²) in [5, 5.41) is 2.82. The van der Waals surface area contributed by atoms with Crippen LogP contribution in [0.5, 0.6) is 0 Å². The zero-order valence-electron chi connectivity index (χ0n) is 6.96. The van der Waals surface area contributed by atoms with Crippen LogP contribution in [0.25, 0.3) is 0 Å². The molecule has 1 saturated heterocycles. The first-order valence-corrected chi connectivity index (χ1v) is 3.73. The van der Waals surface area contributed by atoms with Crippen molar-refractivity contribution >= 4 is 5.91 Å². The van der Waals surface area contributed by atoms with Gasteiger partial charge in [-0.3, -0.25) is 4.79 Å². The molecule has 4 nitrogen and oxygen atoms in total. The van der Waals surface area contributed by atoms with Crippen LogP contribution >= 0.6 is 0 Å². The van der Waals surface area contributed by atoms with Crippen molar-refractivity contribution in [1.82, 2.24) is 10.2 Å². The van der Waals surface area contributed by atoms with E-state index in [1.54, 1.807) is 19.1 Å². The molecule has 0 unspecified atom stereocenters. The average Bonchev–Trinajstić information content (AvgIpc) is 1.86. The van der Waals surface area contributed by atoms with Gasteiger partial charge in [-0.25, -0.2) is 0 Å². The van der Waals surface area contributed by atoms with Gasteiger partial charge in [0.15, 0.2) is 0 Å². The summed E-state index contributed by atoms with van der Waals surface area (Å²) in [6.07, 6.45) is 0.260. The summed E-state index contributed by atoms with van der Waals surface area (Å²) >= 11 is 0. The smallest absolute Gasteiger partial charge is 0.236 e. The van der Waals surface area contributed by atoms with E-state index in [1.807, 2.05) is 0 Å². The number of nitrogens with one attached hydrogen (secondary N) is 1. The maximum atomic E-state index is 11.1. The Bertz CT molecular complexity index is 143. The van der Waals surface area contributed by atoms with E-state index < -0.39 is 0 Å². The second-order valence-corrected chi connectivity index (χ2v) is 2.69. The van der Waals surface area contributed by atoms with Gasteiger partial charge >= 0.3 is 0 Å². The van der Waals surface area contributed by atoms with Crippen molar-refractivity contribution in [3.63, 3.8) is 0 Å². The van der Waals surface area contributed by atoms with Gasteiger partial charge in [-0.05, 0) is 7.05 Å². The molecule has 1 aliphatic heterocycles. The monoisotopic (exact) mass is 158 g/mol. The number of hydrogen-bond acceptors (Lipinski definition) is 3. The first kappa shape index (κ1) is 8.49. The van der Waals surface area contributed by atoms with Gasteiger partial charge in [0.25, 0.3) is 0 Å². The molecule has 1 heterocycles. The summed E-state index contributed by atoms with van der Waals surface area (Å²) in [6.45, 7) is 1.92. The topological polar surface area (TPSA) is 41.6 Å². The number of likely N-dealkylation sites (tertiary alicyclic amines) is 1. The number of nitrogens with zero attached hydrogens (tertiary/aromatic N) is 1. The Kier molecular flexibility index (Phi) is 2.84. The molecule has 1 rings (SSSR count). The van der Waals surface area contributed by atoms with E-state index in [-0.39, 0.29) is 12.0 Å². The van der Waals surface area contributed by atoms with Crippen molar-refractivity contribution in [2.75, 3.05) is 33.8 Å². The fourth-order valence-electron chi connectivity index (χ4n) is 1.05. The molecule has 0 aromatic heterocycles. The third kappa shape index (κ3) is 1.91. The third-order valence-corrected chi connectivity index (χ3v) is 1.86. The van der Waals surface area contributed by atoms with Crippen LogP contribution in [0.2, 0.25) is 0 Å². The second-order valence-electron chi connectivity index (χ2n) is 2.69. The largest absolute Gasteiger partial charge is 0.378 e. The Balaban J connectivity index is 2.16. The molecule has 0 spiro atoms. The minimum Gasteiger partial charge on any atom is -0.378 e. The van der Waals surface area contributed by atoms with E-state index >= 15 is 0 Å². The van der Waals surface area contributed by atoms with E-state index in [4.69, 9.17) is 4.74 Å². The quantitative estimate of drug-likeness (QED) is 0.576. The molecule has 1 N–H and O–H groups in total. The highest BCUT2D eigenvalue weighted by Crippen LogP contribution is 2.09. The van der Waals surface area contributed by atoms with Crippen molar-refractivity contribution in [1.29, 1.82) is 0 Å². The van der Waals surface area contributed by atoms with Crippen molar-refractivity contribution in [2.24, 2.45) is 0 Å². The summed E-state index contributed by atoms with van der Waals surface area (Å²) in [6, 6.07) is 0. The zero-order chi connectivity index (χ0) is 8.27. The highest BCUT2D eigenvalue weighted by Gasteiger charge is 2.29. The SMILES string of the molecule is CNCC(=O)N1CC(OC)C1. The molecule has 1 fully saturated rings. The first-order chi connectivity index (χ1) is 5.27. The van der Waals surface area contributed by atoms with Gasteiger partial charge in [0.1, 0.15) is 0 Å². The lowest BCUT2D eigenvalue weighted by Crippen LogP contribution is -2.56. The van der Waals surface area contributed by atoms with Gasteiger partial charge in [-0.1, -0.05) is 0 Å². The zero-order valence-corrected chi connectivity index (χ0v) is 6.96. The maximum Gasteiger partial charge on any atom is 0.236 e. The lowest BCUT2D eigenvalue weighted by atomic mass is 10.1. The summed E-state index contributed by atoms with van der Waals surface area (Å²) in [5.74, 6) is 0.154. The number of rotatable bonds is 3. The van der Waals surface area contributed by atoms with E-state index in [1.165, 1.54) is 0 Å². The van der Waals surface area contributed by atoms with Crippen LogP contribution in [0.3, 0.4) is 0 Å². The van der Waals surface area contributed by atoms with E-state index in [9.17, 15) is 4.79 Å². The van der Waals surface area contributed by atoms with E-state index in [0.717, 1.165) is 13.1 Å². The molecule has 0 atom stereocenters. The molecule has 4 heteroatoms. The molecule has 1 amide bonds. The highest BCUT2D eigenvalue weighted by molar-refractivity contribution is 5.79. The van der Waals surface area contributed by atoms with Gasteiger partial charge in [0.2, 0.25) is 5.91 Å². The predicted molar refractivity (Wildman–Crippen MR) is 41.3 cm³/mol. The number of methoxy groups -OCH3 is 1. The number of carbonyl (C=O) groups is 1. The van der Waals surface area contributed by atoms with E-state index in [0.29, 0.717) is 6.54 Å².